The maximum Gasteiger partial charge on any atom is 0.308 e. The molecule has 2 aliphatic rings. The second-order valence-electron chi connectivity index (χ2n) is 12.6. The van der Waals surface area contributed by atoms with Crippen LogP contribution in [0.5, 0.6) is 0 Å². The summed E-state index contributed by atoms with van der Waals surface area (Å²) in [5, 5.41) is 71.5. The summed E-state index contributed by atoms with van der Waals surface area (Å²) in [5.41, 5.74) is 0. The molecular formula is C32H57IO14. The molecule has 0 aromatic carbocycles. The van der Waals surface area contributed by atoms with Crippen LogP contribution in [0.1, 0.15) is 104 Å². The van der Waals surface area contributed by atoms with E-state index < -0.39 is 92.2 Å². The molecule has 0 aromatic rings. The minimum absolute atomic E-state index is 0.244. The number of carboxylic acids is 1. The number of esters is 1. The van der Waals surface area contributed by atoms with E-state index in [-0.39, 0.29) is 12.8 Å². The third-order valence-corrected chi connectivity index (χ3v) is 9.38. The highest BCUT2D eigenvalue weighted by Gasteiger charge is 2.47. The van der Waals surface area contributed by atoms with Gasteiger partial charge >= 0.3 is 11.9 Å². The van der Waals surface area contributed by atoms with E-state index in [1.54, 1.807) is 0 Å². The summed E-state index contributed by atoms with van der Waals surface area (Å²) in [6, 6.07) is 0. The van der Waals surface area contributed by atoms with Crippen molar-refractivity contribution in [3.8, 4) is 0 Å². The van der Waals surface area contributed by atoms with Gasteiger partial charge in [-0.3, -0.25) is 9.59 Å². The quantitative estimate of drug-likeness (QED) is 0.0340. The molecule has 12 atom stereocenters. The zero-order chi connectivity index (χ0) is 34.9. The van der Waals surface area contributed by atoms with Gasteiger partial charge in [0.25, 0.3) is 0 Å². The summed E-state index contributed by atoms with van der Waals surface area (Å²) in [6.07, 6.45) is -6.10. The molecule has 2 rings (SSSR count). The van der Waals surface area contributed by atoms with Crippen molar-refractivity contribution >= 4 is 34.5 Å². The van der Waals surface area contributed by atoms with Gasteiger partial charge in [0.2, 0.25) is 0 Å². The SMILES string of the molecule is CCCCCC(CC(=O)O)OC(=O)CC(CCCCCCCCCI)OC1OC(CO[C@@H]2O[C@@H](C)[C@H](O)C(O)C2O)[C@@H](O)[C@H](O)C1O. The lowest BCUT2D eigenvalue weighted by atomic mass is 9.98. The van der Waals surface area contributed by atoms with E-state index in [1.165, 1.54) is 19.8 Å². The number of unbranched alkanes of at least 4 members (excludes halogenated alkanes) is 8. The Morgan fingerprint density at radius 2 is 1.28 bits per heavy atom. The number of carbonyl (C=O) groups is 2. The predicted molar refractivity (Wildman–Crippen MR) is 177 cm³/mol. The summed E-state index contributed by atoms with van der Waals surface area (Å²) in [7, 11) is 0. The lowest BCUT2D eigenvalue weighted by Crippen LogP contribution is -2.61. The molecule has 276 valence electrons. The molecule has 0 aliphatic carbocycles. The molecule has 7 N–H and O–H groups in total. The number of ether oxygens (including phenoxy) is 5. The zero-order valence-corrected chi connectivity index (χ0v) is 29.8. The van der Waals surface area contributed by atoms with E-state index in [0.717, 1.165) is 43.0 Å². The number of aliphatic hydroxyl groups is 6. The van der Waals surface area contributed by atoms with Crippen LogP contribution in [-0.2, 0) is 33.3 Å². The van der Waals surface area contributed by atoms with Crippen LogP contribution < -0.4 is 0 Å². The molecule has 14 nitrogen and oxygen atoms in total. The monoisotopic (exact) mass is 792 g/mol. The van der Waals surface area contributed by atoms with Gasteiger partial charge in [-0.1, -0.05) is 80.9 Å². The van der Waals surface area contributed by atoms with E-state index in [9.17, 15) is 45.3 Å². The molecule has 0 saturated carbocycles. The summed E-state index contributed by atoms with van der Waals surface area (Å²) in [5.74, 6) is -1.72. The van der Waals surface area contributed by atoms with Crippen LogP contribution in [0, 0.1) is 0 Å². The van der Waals surface area contributed by atoms with Gasteiger partial charge < -0.3 is 59.4 Å². The zero-order valence-electron chi connectivity index (χ0n) is 27.6. The Balaban J connectivity index is 2.06. The Bertz CT molecular complexity index is 883. The van der Waals surface area contributed by atoms with Crippen LogP contribution >= 0.6 is 22.6 Å². The van der Waals surface area contributed by atoms with Crippen molar-refractivity contribution in [1.82, 2.24) is 0 Å². The van der Waals surface area contributed by atoms with Gasteiger partial charge in [0, 0.05) is 0 Å². The molecule has 0 radical (unpaired) electrons. The van der Waals surface area contributed by atoms with Crippen molar-refractivity contribution in [2.24, 2.45) is 0 Å². The van der Waals surface area contributed by atoms with Gasteiger partial charge in [0.15, 0.2) is 12.6 Å². The lowest BCUT2D eigenvalue weighted by molar-refractivity contribution is -0.333. The van der Waals surface area contributed by atoms with Gasteiger partial charge in [-0.15, -0.1) is 0 Å². The fourth-order valence-corrected chi connectivity index (χ4v) is 6.24. The second-order valence-corrected chi connectivity index (χ2v) is 13.7. The van der Waals surface area contributed by atoms with E-state index in [2.05, 4.69) is 22.6 Å². The van der Waals surface area contributed by atoms with E-state index in [0.29, 0.717) is 25.7 Å². The van der Waals surface area contributed by atoms with E-state index in [1.807, 2.05) is 6.92 Å². The van der Waals surface area contributed by atoms with Crippen molar-refractivity contribution in [2.45, 2.75) is 177 Å². The second kappa shape index (κ2) is 22.9. The molecule has 0 bridgehead atoms. The number of aliphatic hydroxyl groups excluding tert-OH is 6. The Morgan fingerprint density at radius 1 is 0.702 bits per heavy atom. The highest BCUT2D eigenvalue weighted by molar-refractivity contribution is 14.1. The fourth-order valence-electron chi connectivity index (χ4n) is 5.71. The molecule has 0 aromatic heterocycles. The van der Waals surface area contributed by atoms with E-state index in [4.69, 9.17) is 23.7 Å². The topological polar surface area (TPSA) is 222 Å². The van der Waals surface area contributed by atoms with Crippen LogP contribution in [0.25, 0.3) is 0 Å². The average Bonchev–Trinajstić information content (AvgIpc) is 3.02. The van der Waals surface area contributed by atoms with Gasteiger partial charge in [-0.05, 0) is 37.0 Å². The summed E-state index contributed by atoms with van der Waals surface area (Å²) >= 11 is 2.37. The molecule has 2 saturated heterocycles. The summed E-state index contributed by atoms with van der Waals surface area (Å²) in [4.78, 5) is 24.4. The highest BCUT2D eigenvalue weighted by atomic mass is 127. The van der Waals surface area contributed by atoms with E-state index >= 15 is 0 Å². The molecule has 15 heteroatoms. The minimum atomic E-state index is -1.71. The smallest absolute Gasteiger partial charge is 0.308 e. The summed E-state index contributed by atoms with van der Waals surface area (Å²) in [6.45, 7) is 3.06. The lowest BCUT2D eigenvalue weighted by Gasteiger charge is -2.43. The molecule has 7 unspecified atom stereocenters. The number of carbonyl (C=O) groups excluding carboxylic acids is 1. The van der Waals surface area contributed by atoms with Crippen LogP contribution in [0.15, 0.2) is 0 Å². The largest absolute Gasteiger partial charge is 0.481 e. The Labute approximate surface area is 291 Å². The number of alkyl halides is 1. The Kier molecular flexibility index (Phi) is 20.7. The molecule has 47 heavy (non-hydrogen) atoms. The van der Waals surface area contributed by atoms with Crippen molar-refractivity contribution in [1.29, 1.82) is 0 Å². The normalized spacial score (nSPS) is 32.5. The molecule has 2 fully saturated rings. The third-order valence-electron chi connectivity index (χ3n) is 8.61. The molecule has 0 spiro atoms. The first-order chi connectivity index (χ1) is 22.4. The number of carboxylic acid groups (broad SMARTS) is 1. The first kappa shape index (κ1) is 42.4. The van der Waals surface area contributed by atoms with Crippen LogP contribution in [0.4, 0.5) is 0 Å². The molecule has 0 amide bonds. The van der Waals surface area contributed by atoms with Gasteiger partial charge in [0.1, 0.15) is 48.8 Å². The maximum atomic E-state index is 13.0. The van der Waals surface area contributed by atoms with Crippen molar-refractivity contribution in [3.63, 3.8) is 0 Å². The Hall–Kier alpha value is -0.730. The van der Waals surface area contributed by atoms with Gasteiger partial charge in [0.05, 0.1) is 31.7 Å². The first-order valence-electron chi connectivity index (χ1n) is 17.0. The number of hydrogen-bond donors (Lipinski definition) is 7. The van der Waals surface area contributed by atoms with Crippen molar-refractivity contribution in [3.05, 3.63) is 0 Å². The molecule has 2 heterocycles. The number of rotatable bonds is 23. The van der Waals surface area contributed by atoms with Crippen molar-refractivity contribution in [2.75, 3.05) is 11.0 Å². The molecular weight excluding hydrogens is 735 g/mol. The van der Waals surface area contributed by atoms with Crippen molar-refractivity contribution < 1.29 is 69.0 Å². The van der Waals surface area contributed by atoms with Gasteiger partial charge in [-0.25, -0.2) is 0 Å². The van der Waals surface area contributed by atoms with Gasteiger partial charge in [-0.2, -0.15) is 0 Å². The highest BCUT2D eigenvalue weighted by Crippen LogP contribution is 2.28. The standard InChI is InChI=1S/C32H57IO14/c1-3-4-10-13-20(16-23(34)35)45-24(36)17-21(14-11-8-6-5-7-9-12-15-33)46-32-30(42)28(40)26(38)22(47-32)18-43-31-29(41)27(39)25(37)19(2)44-31/h19-22,25-32,37-42H,3-18H2,1-2H3,(H,34,35)/t19-,20?,21?,22?,25-,26+,27?,28-,29?,30?,31+,32?/m0/s1. The summed E-state index contributed by atoms with van der Waals surface area (Å²) < 4.78 is 29.5. The fraction of sp³-hybridized carbons (Fsp3) is 0.938. The third kappa shape index (κ3) is 15.0. The van der Waals surface area contributed by atoms with Crippen LogP contribution in [-0.4, -0.2) is 132 Å². The Morgan fingerprint density at radius 3 is 1.91 bits per heavy atom. The number of aliphatic carboxylic acids is 1. The number of hydrogen-bond acceptors (Lipinski definition) is 13. The maximum absolute atomic E-state index is 13.0. The predicted octanol–water partition coefficient (Wildman–Crippen LogP) is 1.94. The van der Waals surface area contributed by atoms with Crippen LogP contribution in [0.3, 0.4) is 0 Å². The average molecular weight is 793 g/mol. The first-order valence-corrected chi connectivity index (χ1v) is 18.6. The minimum Gasteiger partial charge on any atom is -0.481 e. The number of halogens is 1. The van der Waals surface area contributed by atoms with Crippen LogP contribution in [0.2, 0.25) is 0 Å². The molecule has 2 aliphatic heterocycles.